The maximum absolute atomic E-state index is 3.41. The van der Waals surface area contributed by atoms with Crippen molar-refractivity contribution in [1.29, 1.82) is 0 Å². The molecule has 1 aliphatic heterocycles. The van der Waals surface area contributed by atoms with E-state index in [1.165, 1.54) is 45.2 Å². The Labute approximate surface area is 102 Å². The summed E-state index contributed by atoms with van der Waals surface area (Å²) < 4.78 is 0. The van der Waals surface area contributed by atoms with Gasteiger partial charge in [-0.15, -0.1) is 0 Å². The predicted molar refractivity (Wildman–Crippen MR) is 71.8 cm³/mol. The van der Waals surface area contributed by atoms with Gasteiger partial charge in [0.1, 0.15) is 0 Å². The van der Waals surface area contributed by atoms with Crippen LogP contribution in [-0.4, -0.2) is 37.1 Å². The van der Waals surface area contributed by atoms with Crippen molar-refractivity contribution in [3.63, 3.8) is 0 Å². The van der Waals surface area contributed by atoms with E-state index in [1.54, 1.807) is 0 Å². The van der Waals surface area contributed by atoms with E-state index in [2.05, 4.69) is 38.0 Å². The number of nitrogens with zero attached hydrogens (tertiary/aromatic N) is 1. The lowest BCUT2D eigenvalue weighted by molar-refractivity contribution is 0.136. The number of hydrogen-bond donors (Lipinski definition) is 1. The Balaban J connectivity index is 2.13. The van der Waals surface area contributed by atoms with Crippen LogP contribution in [0.15, 0.2) is 0 Å². The fourth-order valence-corrected chi connectivity index (χ4v) is 2.68. The molecule has 1 rings (SSSR count). The standard InChI is InChI=1S/C14H30N2/c1-12(2)7-5-6-9-16-10-8-14(15-4)11-13(16)3/h12-15H,5-11H2,1-4H3. The lowest BCUT2D eigenvalue weighted by Gasteiger charge is -2.37. The normalized spacial score (nSPS) is 27.6. The molecule has 1 heterocycles. The van der Waals surface area contributed by atoms with E-state index in [9.17, 15) is 0 Å². The monoisotopic (exact) mass is 226 g/mol. The Hall–Kier alpha value is -0.0800. The van der Waals surface area contributed by atoms with Gasteiger partial charge in [0, 0.05) is 12.1 Å². The van der Waals surface area contributed by atoms with Gasteiger partial charge in [0.25, 0.3) is 0 Å². The smallest absolute Gasteiger partial charge is 0.00910 e. The molecule has 0 radical (unpaired) electrons. The summed E-state index contributed by atoms with van der Waals surface area (Å²) in [5, 5.41) is 3.41. The van der Waals surface area contributed by atoms with Crippen LogP contribution in [0, 0.1) is 5.92 Å². The van der Waals surface area contributed by atoms with Crippen molar-refractivity contribution in [2.24, 2.45) is 5.92 Å². The van der Waals surface area contributed by atoms with Crippen molar-refractivity contribution in [3.8, 4) is 0 Å². The third-order valence-corrected chi connectivity index (χ3v) is 3.90. The zero-order valence-corrected chi connectivity index (χ0v) is 11.6. The van der Waals surface area contributed by atoms with E-state index in [0.29, 0.717) is 0 Å². The number of unbranched alkanes of at least 4 members (excludes halogenated alkanes) is 1. The maximum Gasteiger partial charge on any atom is 0.00910 e. The molecule has 0 saturated carbocycles. The Bertz CT molecular complexity index is 180. The molecule has 0 spiro atoms. The minimum atomic E-state index is 0.752. The van der Waals surface area contributed by atoms with E-state index in [0.717, 1.165) is 18.0 Å². The van der Waals surface area contributed by atoms with Gasteiger partial charge in [-0.25, -0.2) is 0 Å². The SMILES string of the molecule is CNC1CCN(CCCCC(C)C)C(C)C1. The van der Waals surface area contributed by atoms with Crippen molar-refractivity contribution >= 4 is 0 Å². The summed E-state index contributed by atoms with van der Waals surface area (Å²) >= 11 is 0. The summed E-state index contributed by atoms with van der Waals surface area (Å²) in [7, 11) is 2.09. The first-order valence-corrected chi connectivity index (χ1v) is 7.04. The summed E-state index contributed by atoms with van der Waals surface area (Å²) in [6.45, 7) is 9.62. The molecule has 0 bridgehead atoms. The van der Waals surface area contributed by atoms with E-state index >= 15 is 0 Å². The van der Waals surface area contributed by atoms with Crippen LogP contribution in [0.3, 0.4) is 0 Å². The maximum atomic E-state index is 3.41. The second-order valence-electron chi connectivity index (χ2n) is 5.78. The second-order valence-corrected chi connectivity index (χ2v) is 5.78. The summed E-state index contributed by atoms with van der Waals surface area (Å²) in [5.41, 5.74) is 0. The average Bonchev–Trinajstić information content (AvgIpc) is 2.25. The molecule has 2 heteroatoms. The molecule has 1 saturated heterocycles. The highest BCUT2D eigenvalue weighted by atomic mass is 15.2. The molecule has 1 N–H and O–H groups in total. The van der Waals surface area contributed by atoms with E-state index < -0.39 is 0 Å². The van der Waals surface area contributed by atoms with Crippen LogP contribution in [-0.2, 0) is 0 Å². The first-order valence-electron chi connectivity index (χ1n) is 7.04. The van der Waals surface area contributed by atoms with Gasteiger partial charge < -0.3 is 10.2 Å². The first-order chi connectivity index (χ1) is 7.63. The van der Waals surface area contributed by atoms with Crippen LogP contribution < -0.4 is 5.32 Å². The van der Waals surface area contributed by atoms with Crippen LogP contribution in [0.25, 0.3) is 0 Å². The molecule has 16 heavy (non-hydrogen) atoms. The van der Waals surface area contributed by atoms with Crippen molar-refractivity contribution < 1.29 is 0 Å². The molecule has 0 aliphatic carbocycles. The van der Waals surface area contributed by atoms with Gasteiger partial charge in [-0.2, -0.15) is 0 Å². The Kier molecular flexibility index (Phi) is 6.37. The number of hydrogen-bond acceptors (Lipinski definition) is 2. The zero-order valence-electron chi connectivity index (χ0n) is 11.6. The van der Waals surface area contributed by atoms with Gasteiger partial charge in [0.05, 0.1) is 0 Å². The Morgan fingerprint density at radius 3 is 2.62 bits per heavy atom. The molecule has 96 valence electrons. The first kappa shape index (κ1) is 14.0. The molecule has 0 aromatic rings. The highest BCUT2D eigenvalue weighted by molar-refractivity contribution is 4.81. The number of nitrogens with one attached hydrogen (secondary N) is 1. The number of rotatable bonds is 6. The molecule has 2 unspecified atom stereocenters. The summed E-state index contributed by atoms with van der Waals surface area (Å²) in [5.74, 6) is 0.868. The highest BCUT2D eigenvalue weighted by Crippen LogP contribution is 2.18. The second kappa shape index (κ2) is 7.29. The quantitative estimate of drug-likeness (QED) is 0.701. The summed E-state index contributed by atoms with van der Waals surface area (Å²) in [6.07, 6.45) is 6.82. The zero-order chi connectivity index (χ0) is 12.0. The molecule has 0 aromatic heterocycles. The molecule has 0 aromatic carbocycles. The Morgan fingerprint density at radius 1 is 1.31 bits per heavy atom. The van der Waals surface area contributed by atoms with Gasteiger partial charge in [-0.05, 0) is 52.2 Å². The van der Waals surface area contributed by atoms with Crippen molar-refractivity contribution in [1.82, 2.24) is 10.2 Å². The predicted octanol–water partition coefficient (Wildman–Crippen LogP) is 2.89. The van der Waals surface area contributed by atoms with Crippen LogP contribution in [0.4, 0.5) is 0 Å². The fourth-order valence-electron chi connectivity index (χ4n) is 2.68. The molecule has 2 atom stereocenters. The lowest BCUT2D eigenvalue weighted by atomic mass is 9.98. The van der Waals surface area contributed by atoms with Crippen LogP contribution >= 0.6 is 0 Å². The summed E-state index contributed by atoms with van der Waals surface area (Å²) in [6, 6.07) is 1.52. The van der Waals surface area contributed by atoms with Crippen molar-refractivity contribution in [2.75, 3.05) is 20.1 Å². The van der Waals surface area contributed by atoms with Gasteiger partial charge in [0.15, 0.2) is 0 Å². The minimum Gasteiger partial charge on any atom is -0.317 e. The lowest BCUT2D eigenvalue weighted by Crippen LogP contribution is -2.46. The van der Waals surface area contributed by atoms with Crippen molar-refractivity contribution in [3.05, 3.63) is 0 Å². The molecule has 1 aliphatic rings. The summed E-state index contributed by atoms with van der Waals surface area (Å²) in [4.78, 5) is 2.67. The van der Waals surface area contributed by atoms with Crippen LogP contribution in [0.1, 0.15) is 52.9 Å². The largest absolute Gasteiger partial charge is 0.317 e. The molecule has 0 amide bonds. The van der Waals surface area contributed by atoms with E-state index in [4.69, 9.17) is 0 Å². The van der Waals surface area contributed by atoms with Gasteiger partial charge in [-0.1, -0.05) is 26.7 Å². The minimum absolute atomic E-state index is 0.752. The molecular formula is C14H30N2. The fraction of sp³-hybridized carbons (Fsp3) is 1.00. The topological polar surface area (TPSA) is 15.3 Å². The average molecular weight is 226 g/mol. The third kappa shape index (κ3) is 4.84. The van der Waals surface area contributed by atoms with E-state index in [1.807, 2.05) is 0 Å². The Morgan fingerprint density at radius 2 is 2.06 bits per heavy atom. The van der Waals surface area contributed by atoms with Gasteiger partial charge >= 0.3 is 0 Å². The molecule has 1 fully saturated rings. The molecular weight excluding hydrogens is 196 g/mol. The van der Waals surface area contributed by atoms with Crippen molar-refractivity contribution in [2.45, 2.75) is 65.0 Å². The van der Waals surface area contributed by atoms with Crippen LogP contribution in [0.2, 0.25) is 0 Å². The molecule has 2 nitrogen and oxygen atoms in total. The van der Waals surface area contributed by atoms with E-state index in [-0.39, 0.29) is 0 Å². The highest BCUT2D eigenvalue weighted by Gasteiger charge is 2.23. The number of piperidine rings is 1. The third-order valence-electron chi connectivity index (χ3n) is 3.90. The van der Waals surface area contributed by atoms with Gasteiger partial charge in [-0.3, -0.25) is 0 Å². The van der Waals surface area contributed by atoms with Crippen LogP contribution in [0.5, 0.6) is 0 Å². The van der Waals surface area contributed by atoms with Gasteiger partial charge in [0.2, 0.25) is 0 Å². The number of likely N-dealkylation sites (tertiary alicyclic amines) is 1.